The first-order valence-corrected chi connectivity index (χ1v) is 5.52. The summed E-state index contributed by atoms with van der Waals surface area (Å²) < 4.78 is 2.18. The standard InChI is InChI=1S/C8H4ClIOS/c9-5-1-4-2-7(11)12-8(4)6(10)3-5/h1-3,11H. The van der Waals surface area contributed by atoms with Crippen molar-refractivity contribution in [1.82, 2.24) is 0 Å². The Labute approximate surface area is 92.1 Å². The van der Waals surface area contributed by atoms with Crippen molar-refractivity contribution in [3.8, 4) is 5.06 Å². The van der Waals surface area contributed by atoms with Crippen molar-refractivity contribution in [3.05, 3.63) is 26.8 Å². The van der Waals surface area contributed by atoms with Crippen LogP contribution in [-0.4, -0.2) is 5.11 Å². The molecule has 1 heterocycles. The van der Waals surface area contributed by atoms with Gasteiger partial charge in [-0.25, -0.2) is 0 Å². The number of fused-ring (bicyclic) bond motifs is 1. The fourth-order valence-electron chi connectivity index (χ4n) is 1.06. The second kappa shape index (κ2) is 3.05. The van der Waals surface area contributed by atoms with E-state index in [1.54, 1.807) is 6.07 Å². The van der Waals surface area contributed by atoms with Gasteiger partial charge >= 0.3 is 0 Å². The van der Waals surface area contributed by atoms with Crippen LogP contribution in [0.1, 0.15) is 0 Å². The summed E-state index contributed by atoms with van der Waals surface area (Å²) in [7, 11) is 0. The first-order chi connectivity index (χ1) is 5.66. The summed E-state index contributed by atoms with van der Waals surface area (Å²) in [6, 6.07) is 5.48. The summed E-state index contributed by atoms with van der Waals surface area (Å²) in [5.74, 6) is 0. The molecule has 1 nitrogen and oxygen atoms in total. The minimum absolute atomic E-state index is 0.338. The summed E-state index contributed by atoms with van der Waals surface area (Å²) in [6.45, 7) is 0. The van der Waals surface area contributed by atoms with Gasteiger partial charge in [0.2, 0.25) is 0 Å². The molecule has 62 valence electrons. The van der Waals surface area contributed by atoms with Gasteiger partial charge in [0.1, 0.15) is 0 Å². The molecular formula is C8H4ClIOS. The molecule has 0 fully saturated rings. The van der Waals surface area contributed by atoms with E-state index in [1.807, 2.05) is 12.1 Å². The highest BCUT2D eigenvalue weighted by Gasteiger charge is 2.04. The minimum atomic E-state index is 0.338. The summed E-state index contributed by atoms with van der Waals surface area (Å²) in [6.07, 6.45) is 0. The van der Waals surface area contributed by atoms with Crippen LogP contribution in [0.15, 0.2) is 18.2 Å². The Bertz CT molecular complexity index is 438. The Morgan fingerprint density at radius 1 is 1.33 bits per heavy atom. The van der Waals surface area contributed by atoms with Gasteiger partial charge in [0.25, 0.3) is 0 Å². The summed E-state index contributed by atoms with van der Waals surface area (Å²) in [4.78, 5) is 0. The Balaban J connectivity index is 2.88. The molecular weight excluding hydrogens is 307 g/mol. The van der Waals surface area contributed by atoms with Gasteiger partial charge in [-0.05, 0) is 46.2 Å². The van der Waals surface area contributed by atoms with Gasteiger partial charge in [-0.15, -0.1) is 0 Å². The predicted octanol–water partition coefficient (Wildman–Crippen LogP) is 3.86. The van der Waals surface area contributed by atoms with E-state index in [-0.39, 0.29) is 0 Å². The van der Waals surface area contributed by atoms with E-state index in [0.717, 1.165) is 13.7 Å². The summed E-state index contributed by atoms with van der Waals surface area (Å²) in [5.41, 5.74) is 0. The van der Waals surface area contributed by atoms with Gasteiger partial charge < -0.3 is 5.11 Å². The maximum Gasteiger partial charge on any atom is 0.172 e. The Morgan fingerprint density at radius 3 is 2.83 bits per heavy atom. The van der Waals surface area contributed by atoms with Crippen molar-refractivity contribution in [2.45, 2.75) is 0 Å². The molecule has 2 aromatic rings. The van der Waals surface area contributed by atoms with Gasteiger partial charge in [-0.2, -0.15) is 0 Å². The van der Waals surface area contributed by atoms with E-state index >= 15 is 0 Å². The number of rotatable bonds is 0. The highest BCUT2D eigenvalue weighted by atomic mass is 127. The van der Waals surface area contributed by atoms with Crippen molar-refractivity contribution in [2.24, 2.45) is 0 Å². The average molecular weight is 311 g/mol. The van der Waals surface area contributed by atoms with Gasteiger partial charge in [0.15, 0.2) is 5.06 Å². The fourth-order valence-corrected chi connectivity index (χ4v) is 3.24. The SMILES string of the molecule is Oc1cc2cc(Cl)cc(I)c2s1. The highest BCUT2D eigenvalue weighted by molar-refractivity contribution is 14.1. The molecule has 0 amide bonds. The van der Waals surface area contributed by atoms with Gasteiger partial charge in [0.05, 0.1) is 4.70 Å². The molecule has 1 aromatic heterocycles. The van der Waals surface area contributed by atoms with E-state index in [9.17, 15) is 5.11 Å². The van der Waals surface area contributed by atoms with Crippen LogP contribution in [0.25, 0.3) is 10.1 Å². The third kappa shape index (κ3) is 1.41. The lowest BCUT2D eigenvalue weighted by molar-refractivity contribution is 0.491. The lowest BCUT2D eigenvalue weighted by Gasteiger charge is -1.93. The number of thiophene rings is 1. The van der Waals surface area contributed by atoms with Crippen molar-refractivity contribution in [3.63, 3.8) is 0 Å². The molecule has 0 saturated heterocycles. The number of halogens is 2. The molecule has 0 atom stereocenters. The average Bonchev–Trinajstić information content (AvgIpc) is 2.29. The van der Waals surface area contributed by atoms with Crippen LogP contribution in [0.5, 0.6) is 5.06 Å². The first kappa shape index (κ1) is 8.59. The van der Waals surface area contributed by atoms with Crippen LogP contribution < -0.4 is 0 Å². The molecule has 4 heteroatoms. The number of aromatic hydroxyl groups is 1. The number of hydrogen-bond acceptors (Lipinski definition) is 2. The Morgan fingerprint density at radius 2 is 2.08 bits per heavy atom. The van der Waals surface area contributed by atoms with E-state index < -0.39 is 0 Å². The van der Waals surface area contributed by atoms with E-state index in [1.165, 1.54) is 11.3 Å². The lowest BCUT2D eigenvalue weighted by Crippen LogP contribution is -1.70. The second-order valence-corrected chi connectivity index (χ2v) is 5.02. The maximum atomic E-state index is 9.24. The molecule has 0 unspecified atom stereocenters. The van der Waals surface area contributed by atoms with Crippen LogP contribution in [0.4, 0.5) is 0 Å². The first-order valence-electron chi connectivity index (χ1n) is 3.24. The summed E-state index contributed by atoms with van der Waals surface area (Å²) >= 11 is 9.44. The number of hydrogen-bond donors (Lipinski definition) is 1. The molecule has 0 bridgehead atoms. The molecule has 0 aliphatic heterocycles. The fraction of sp³-hybridized carbons (Fsp3) is 0. The van der Waals surface area contributed by atoms with E-state index in [4.69, 9.17) is 11.6 Å². The van der Waals surface area contributed by atoms with Crippen molar-refractivity contribution in [1.29, 1.82) is 0 Å². The lowest BCUT2D eigenvalue weighted by atomic mass is 10.3. The Kier molecular flexibility index (Phi) is 2.18. The normalized spacial score (nSPS) is 10.8. The van der Waals surface area contributed by atoms with Crippen LogP contribution in [-0.2, 0) is 0 Å². The van der Waals surface area contributed by atoms with E-state index in [2.05, 4.69) is 22.6 Å². The predicted molar refractivity (Wildman–Crippen MR) is 61.2 cm³/mol. The molecule has 1 N–H and O–H groups in total. The van der Waals surface area contributed by atoms with Crippen LogP contribution in [0.2, 0.25) is 5.02 Å². The smallest absolute Gasteiger partial charge is 0.172 e. The molecule has 0 radical (unpaired) electrons. The molecule has 0 aliphatic carbocycles. The third-order valence-corrected chi connectivity index (χ3v) is 3.94. The molecule has 0 spiro atoms. The zero-order chi connectivity index (χ0) is 8.72. The highest BCUT2D eigenvalue weighted by Crippen LogP contribution is 2.35. The monoisotopic (exact) mass is 310 g/mol. The topological polar surface area (TPSA) is 20.2 Å². The second-order valence-electron chi connectivity index (χ2n) is 2.39. The molecule has 2 rings (SSSR count). The molecule has 1 aromatic carbocycles. The molecule has 0 saturated carbocycles. The zero-order valence-electron chi connectivity index (χ0n) is 5.84. The van der Waals surface area contributed by atoms with Gasteiger partial charge in [-0.3, -0.25) is 0 Å². The largest absolute Gasteiger partial charge is 0.499 e. The van der Waals surface area contributed by atoms with Crippen LogP contribution >= 0.6 is 45.5 Å². The Hall–Kier alpha value is -0.0000000000000000833. The van der Waals surface area contributed by atoms with Crippen molar-refractivity contribution in [2.75, 3.05) is 0 Å². The zero-order valence-corrected chi connectivity index (χ0v) is 9.57. The van der Waals surface area contributed by atoms with Crippen molar-refractivity contribution < 1.29 is 5.11 Å². The van der Waals surface area contributed by atoms with Crippen molar-refractivity contribution >= 4 is 55.6 Å². The van der Waals surface area contributed by atoms with Gasteiger partial charge in [-0.1, -0.05) is 22.9 Å². The van der Waals surface area contributed by atoms with Gasteiger partial charge in [0, 0.05) is 8.59 Å². The summed E-state index contributed by atoms with van der Waals surface area (Å²) in [5, 5.41) is 11.3. The van der Waals surface area contributed by atoms with Crippen LogP contribution in [0.3, 0.4) is 0 Å². The molecule has 12 heavy (non-hydrogen) atoms. The number of benzene rings is 1. The maximum absolute atomic E-state index is 9.24. The molecule has 0 aliphatic rings. The quantitative estimate of drug-likeness (QED) is 0.733. The minimum Gasteiger partial charge on any atom is -0.499 e. The third-order valence-electron chi connectivity index (χ3n) is 1.52. The van der Waals surface area contributed by atoms with E-state index in [0.29, 0.717) is 10.1 Å². The van der Waals surface area contributed by atoms with Crippen LogP contribution in [0, 0.1) is 3.57 Å².